The molecule has 3 heterocycles. The summed E-state index contributed by atoms with van der Waals surface area (Å²) < 4.78 is 19.5. The molecule has 29 heavy (non-hydrogen) atoms. The summed E-state index contributed by atoms with van der Waals surface area (Å²) >= 11 is 0. The smallest absolute Gasteiger partial charge is 0.254 e. The number of hydrogen-bond donors (Lipinski definition) is 2. The molecule has 0 spiro atoms. The molecule has 2 aromatic rings. The molecule has 1 amide bonds. The molecule has 2 unspecified atom stereocenters. The van der Waals surface area contributed by atoms with E-state index in [1.165, 1.54) is 6.07 Å². The second-order valence-corrected chi connectivity index (χ2v) is 8.36. The first-order valence-electron chi connectivity index (χ1n) is 10.4. The number of benzene rings is 2. The zero-order valence-electron chi connectivity index (χ0n) is 16.6. The minimum Gasteiger partial charge on any atom is -0.492 e. The minimum atomic E-state index is -0.165. The molecule has 0 bridgehead atoms. The number of halogens is 1. The van der Waals surface area contributed by atoms with E-state index in [1.807, 2.05) is 25.2 Å². The van der Waals surface area contributed by atoms with E-state index in [9.17, 15) is 9.18 Å². The van der Waals surface area contributed by atoms with Crippen molar-refractivity contribution in [3.05, 3.63) is 58.4 Å². The van der Waals surface area contributed by atoms with Crippen LogP contribution >= 0.6 is 0 Å². The molecule has 0 saturated carbocycles. The number of hydrogen-bond acceptors (Lipinski definition) is 4. The summed E-state index contributed by atoms with van der Waals surface area (Å²) in [5, 5.41) is 6.96. The van der Waals surface area contributed by atoms with E-state index in [0.29, 0.717) is 19.1 Å². The average molecular weight is 395 g/mol. The number of carbonyl (C=O) groups is 1. The Morgan fingerprint density at radius 2 is 2.21 bits per heavy atom. The predicted molar refractivity (Wildman–Crippen MR) is 110 cm³/mol. The van der Waals surface area contributed by atoms with Crippen LogP contribution in [0.25, 0.3) is 0 Å². The number of fused-ring (bicyclic) bond motifs is 4. The molecule has 5 nitrogen and oxygen atoms in total. The third-order valence-corrected chi connectivity index (χ3v) is 6.37. The largest absolute Gasteiger partial charge is 0.492 e. The van der Waals surface area contributed by atoms with Gasteiger partial charge in [-0.2, -0.15) is 0 Å². The Bertz CT molecular complexity index is 961. The number of rotatable bonds is 5. The first kappa shape index (κ1) is 18.4. The van der Waals surface area contributed by atoms with Crippen LogP contribution in [0.1, 0.15) is 45.8 Å². The van der Waals surface area contributed by atoms with E-state index < -0.39 is 0 Å². The maximum Gasteiger partial charge on any atom is 0.254 e. The molecular formula is C23H26FN3O2. The summed E-state index contributed by atoms with van der Waals surface area (Å²) in [6.45, 7) is 3.06. The Labute approximate surface area is 170 Å². The molecule has 2 aromatic carbocycles. The average Bonchev–Trinajstić information content (AvgIpc) is 3.25. The van der Waals surface area contributed by atoms with Gasteiger partial charge in [-0.25, -0.2) is 4.39 Å². The van der Waals surface area contributed by atoms with Crippen LogP contribution in [0.15, 0.2) is 30.3 Å². The summed E-state index contributed by atoms with van der Waals surface area (Å²) in [6.07, 6.45) is 2.84. The predicted octanol–water partition coefficient (Wildman–Crippen LogP) is 3.29. The second kappa shape index (κ2) is 7.34. The molecule has 6 heteroatoms. The Balaban J connectivity index is 1.17. The topological polar surface area (TPSA) is 53.6 Å². The molecule has 0 aromatic heterocycles. The van der Waals surface area contributed by atoms with Crippen molar-refractivity contribution < 1.29 is 13.9 Å². The van der Waals surface area contributed by atoms with Gasteiger partial charge in [-0.3, -0.25) is 4.79 Å². The fourth-order valence-electron chi connectivity index (χ4n) is 4.85. The monoisotopic (exact) mass is 395 g/mol. The number of ether oxygens (including phenoxy) is 1. The molecule has 152 valence electrons. The van der Waals surface area contributed by atoms with Crippen LogP contribution in [-0.4, -0.2) is 43.6 Å². The third kappa shape index (κ3) is 3.35. The summed E-state index contributed by atoms with van der Waals surface area (Å²) in [6, 6.07) is 9.22. The van der Waals surface area contributed by atoms with E-state index in [1.54, 1.807) is 11.0 Å². The molecular weight excluding hydrogens is 369 g/mol. The normalized spacial score (nSPS) is 22.0. The van der Waals surface area contributed by atoms with Gasteiger partial charge in [0, 0.05) is 43.3 Å². The molecule has 2 atom stereocenters. The molecule has 0 fully saturated rings. The van der Waals surface area contributed by atoms with Crippen LogP contribution in [0.3, 0.4) is 0 Å². The molecule has 5 rings (SSSR count). The first-order valence-corrected chi connectivity index (χ1v) is 10.4. The van der Waals surface area contributed by atoms with Gasteiger partial charge in [0.2, 0.25) is 0 Å². The highest BCUT2D eigenvalue weighted by Gasteiger charge is 2.32. The van der Waals surface area contributed by atoms with Crippen molar-refractivity contribution in [2.75, 3.05) is 32.1 Å². The number of amides is 1. The highest BCUT2D eigenvalue weighted by atomic mass is 19.1. The lowest BCUT2D eigenvalue weighted by Gasteiger charge is -2.27. The molecule has 2 N–H and O–H groups in total. The van der Waals surface area contributed by atoms with Crippen LogP contribution in [-0.2, 0) is 13.0 Å². The summed E-state index contributed by atoms with van der Waals surface area (Å²) in [7, 11) is 1.84. The van der Waals surface area contributed by atoms with Crippen LogP contribution in [0, 0.1) is 5.82 Å². The molecule has 0 radical (unpaired) electrons. The maximum atomic E-state index is 13.6. The molecule has 3 aliphatic heterocycles. The lowest BCUT2D eigenvalue weighted by molar-refractivity contribution is 0.0814. The van der Waals surface area contributed by atoms with Gasteiger partial charge in [0.05, 0.1) is 5.56 Å². The third-order valence-electron chi connectivity index (χ3n) is 6.37. The summed E-state index contributed by atoms with van der Waals surface area (Å²) in [4.78, 5) is 14.3. The second-order valence-electron chi connectivity index (χ2n) is 8.36. The summed E-state index contributed by atoms with van der Waals surface area (Å²) in [5.74, 6) is 1.14. The summed E-state index contributed by atoms with van der Waals surface area (Å²) in [5.41, 5.74) is 5.14. The standard InChI is InChI=1S/C23H26FN3O2/c1-27-12-15-4-7-21-19(22(15)23(27)28)10-17(13-29-21)25-8-2-3-14-11-26-20-6-5-16(24)9-18(14)20/h4-7,9,14,17,25-26H,2-3,8,10-13H2,1H3. The maximum absolute atomic E-state index is 13.6. The first-order chi connectivity index (χ1) is 14.1. The van der Waals surface area contributed by atoms with Crippen molar-refractivity contribution in [1.29, 1.82) is 0 Å². The van der Waals surface area contributed by atoms with Gasteiger partial charge in [-0.15, -0.1) is 0 Å². The molecule has 3 aliphatic rings. The van der Waals surface area contributed by atoms with Gasteiger partial charge in [-0.1, -0.05) is 6.07 Å². The van der Waals surface area contributed by atoms with Gasteiger partial charge in [0.1, 0.15) is 18.2 Å². The molecule has 0 saturated heterocycles. The van der Waals surface area contributed by atoms with Crippen LogP contribution in [0.5, 0.6) is 5.75 Å². The van der Waals surface area contributed by atoms with E-state index in [0.717, 1.165) is 66.0 Å². The van der Waals surface area contributed by atoms with Crippen molar-refractivity contribution in [3.63, 3.8) is 0 Å². The lowest BCUT2D eigenvalue weighted by Crippen LogP contribution is -2.40. The number of anilines is 1. The SMILES string of the molecule is CN1Cc2ccc3c(c2C1=O)CC(NCCCC1CNc2ccc(F)cc21)CO3. The van der Waals surface area contributed by atoms with E-state index in [-0.39, 0.29) is 17.8 Å². The Hall–Kier alpha value is -2.60. The van der Waals surface area contributed by atoms with Gasteiger partial charge in [-0.05, 0) is 61.2 Å². The van der Waals surface area contributed by atoms with Crippen molar-refractivity contribution in [2.24, 2.45) is 0 Å². The van der Waals surface area contributed by atoms with Gasteiger partial charge >= 0.3 is 0 Å². The number of nitrogens with one attached hydrogen (secondary N) is 2. The highest BCUT2D eigenvalue weighted by molar-refractivity contribution is 6.00. The van der Waals surface area contributed by atoms with Gasteiger partial charge in [0.25, 0.3) is 5.91 Å². The number of nitrogens with zero attached hydrogens (tertiary/aromatic N) is 1. The van der Waals surface area contributed by atoms with Gasteiger partial charge in [0.15, 0.2) is 0 Å². The van der Waals surface area contributed by atoms with Crippen molar-refractivity contribution in [2.45, 2.75) is 37.8 Å². The fraction of sp³-hybridized carbons (Fsp3) is 0.435. The Morgan fingerprint density at radius 1 is 1.31 bits per heavy atom. The van der Waals surface area contributed by atoms with Crippen LogP contribution in [0.2, 0.25) is 0 Å². The van der Waals surface area contributed by atoms with Crippen molar-refractivity contribution in [3.8, 4) is 5.75 Å². The zero-order chi connectivity index (χ0) is 20.0. The van der Waals surface area contributed by atoms with Crippen LogP contribution < -0.4 is 15.4 Å². The van der Waals surface area contributed by atoms with Gasteiger partial charge < -0.3 is 20.3 Å². The minimum absolute atomic E-state index is 0.0979. The lowest BCUT2D eigenvalue weighted by atomic mass is 9.94. The van der Waals surface area contributed by atoms with E-state index in [4.69, 9.17) is 4.74 Å². The van der Waals surface area contributed by atoms with E-state index >= 15 is 0 Å². The zero-order valence-corrected chi connectivity index (χ0v) is 16.6. The van der Waals surface area contributed by atoms with Crippen molar-refractivity contribution >= 4 is 11.6 Å². The Morgan fingerprint density at radius 3 is 3.10 bits per heavy atom. The number of carbonyl (C=O) groups excluding carboxylic acids is 1. The highest BCUT2D eigenvalue weighted by Crippen LogP contribution is 2.36. The van der Waals surface area contributed by atoms with Crippen molar-refractivity contribution in [1.82, 2.24) is 10.2 Å². The van der Waals surface area contributed by atoms with E-state index in [2.05, 4.69) is 10.6 Å². The fourth-order valence-corrected chi connectivity index (χ4v) is 4.85. The van der Waals surface area contributed by atoms with Crippen LogP contribution in [0.4, 0.5) is 10.1 Å². The Kier molecular flexibility index (Phi) is 4.66. The molecule has 0 aliphatic carbocycles. The quantitative estimate of drug-likeness (QED) is 0.763.